The van der Waals surface area contributed by atoms with Crippen LogP contribution in [0.1, 0.15) is 40.0 Å². The first kappa shape index (κ1) is 13.1. The van der Waals surface area contributed by atoms with Crippen LogP contribution in [-0.2, 0) is 4.79 Å². The zero-order chi connectivity index (χ0) is 12.3. The van der Waals surface area contributed by atoms with E-state index < -0.39 is 0 Å². The Morgan fingerprint density at radius 2 is 2.19 bits per heavy atom. The van der Waals surface area contributed by atoms with Gasteiger partial charge in [0.2, 0.25) is 5.91 Å². The van der Waals surface area contributed by atoms with Gasteiger partial charge < -0.3 is 11.1 Å². The number of amides is 1. The van der Waals surface area contributed by atoms with Gasteiger partial charge in [0.05, 0.1) is 0 Å². The highest BCUT2D eigenvalue weighted by Gasteiger charge is 2.29. The van der Waals surface area contributed by atoms with Crippen LogP contribution in [-0.4, -0.2) is 13.0 Å². The summed E-state index contributed by atoms with van der Waals surface area (Å²) in [6, 6.07) is 0. The molecule has 2 unspecified atom stereocenters. The van der Waals surface area contributed by atoms with Gasteiger partial charge in [-0.2, -0.15) is 0 Å². The monoisotopic (exact) mass is 224 g/mol. The van der Waals surface area contributed by atoms with Crippen molar-refractivity contribution in [2.45, 2.75) is 40.0 Å². The fraction of sp³-hybridized carbons (Fsp3) is 0.769. The molecule has 16 heavy (non-hydrogen) atoms. The lowest BCUT2D eigenvalue weighted by atomic mass is 9.75. The molecule has 0 saturated carbocycles. The second kappa shape index (κ2) is 4.89. The number of carbonyl (C=O) groups excluding carboxylic acids is 1. The number of primary amides is 1. The van der Waals surface area contributed by atoms with Crippen molar-refractivity contribution in [2.24, 2.45) is 23.0 Å². The van der Waals surface area contributed by atoms with Gasteiger partial charge in [0.25, 0.3) is 0 Å². The molecule has 0 aromatic heterocycles. The van der Waals surface area contributed by atoms with Gasteiger partial charge in [-0.1, -0.05) is 26.8 Å². The number of rotatable bonds is 2. The third kappa shape index (κ3) is 3.26. The van der Waals surface area contributed by atoms with E-state index in [4.69, 9.17) is 5.73 Å². The lowest BCUT2D eigenvalue weighted by Crippen LogP contribution is -2.32. The molecule has 0 aliphatic heterocycles. The summed E-state index contributed by atoms with van der Waals surface area (Å²) in [7, 11) is 1.94. The molecule has 92 valence electrons. The van der Waals surface area contributed by atoms with Crippen molar-refractivity contribution >= 4 is 5.91 Å². The Kier molecular flexibility index (Phi) is 4.00. The van der Waals surface area contributed by atoms with E-state index in [1.54, 1.807) is 0 Å². The molecule has 1 aliphatic rings. The Bertz CT molecular complexity index is 294. The molecule has 0 radical (unpaired) electrons. The topological polar surface area (TPSA) is 55.1 Å². The summed E-state index contributed by atoms with van der Waals surface area (Å²) >= 11 is 0. The highest BCUT2D eigenvalue weighted by molar-refractivity contribution is 5.77. The Morgan fingerprint density at radius 3 is 2.69 bits per heavy atom. The second-order valence-electron chi connectivity index (χ2n) is 5.69. The largest absolute Gasteiger partial charge is 0.392 e. The minimum absolute atomic E-state index is 0.0251. The third-order valence-corrected chi connectivity index (χ3v) is 3.59. The van der Waals surface area contributed by atoms with Crippen molar-refractivity contribution in [3.8, 4) is 0 Å². The average Bonchev–Trinajstić information content (AvgIpc) is 2.13. The quantitative estimate of drug-likeness (QED) is 0.754. The van der Waals surface area contributed by atoms with Gasteiger partial charge in [-0.25, -0.2) is 0 Å². The summed E-state index contributed by atoms with van der Waals surface area (Å²) in [6.45, 7) is 6.56. The highest BCUT2D eigenvalue weighted by atomic mass is 16.1. The van der Waals surface area contributed by atoms with E-state index in [2.05, 4.69) is 32.2 Å². The Labute approximate surface area is 98.5 Å². The first-order valence-corrected chi connectivity index (χ1v) is 6.03. The summed E-state index contributed by atoms with van der Waals surface area (Å²) in [5, 5.41) is 3.23. The van der Waals surface area contributed by atoms with Crippen LogP contribution in [0.4, 0.5) is 0 Å². The zero-order valence-corrected chi connectivity index (χ0v) is 10.8. The maximum absolute atomic E-state index is 11.4. The third-order valence-electron chi connectivity index (χ3n) is 3.59. The summed E-state index contributed by atoms with van der Waals surface area (Å²) in [6.07, 6.45) is 5.15. The first-order valence-electron chi connectivity index (χ1n) is 6.03. The molecule has 1 rings (SSSR count). The van der Waals surface area contributed by atoms with E-state index in [0.717, 1.165) is 19.3 Å². The van der Waals surface area contributed by atoms with Crippen LogP contribution in [0, 0.1) is 17.3 Å². The molecule has 0 aromatic carbocycles. The fourth-order valence-corrected chi connectivity index (χ4v) is 2.48. The molecular formula is C13H24N2O. The number of carbonyl (C=O) groups is 1. The Balaban J connectivity index is 2.94. The molecule has 1 amide bonds. The molecule has 2 atom stereocenters. The number of hydrogen-bond donors (Lipinski definition) is 2. The average molecular weight is 224 g/mol. The van der Waals surface area contributed by atoms with Crippen molar-refractivity contribution in [1.82, 2.24) is 5.32 Å². The van der Waals surface area contributed by atoms with E-state index in [-0.39, 0.29) is 23.2 Å². The van der Waals surface area contributed by atoms with E-state index in [9.17, 15) is 4.79 Å². The molecule has 0 bridgehead atoms. The molecular weight excluding hydrogens is 200 g/mol. The Morgan fingerprint density at radius 1 is 1.56 bits per heavy atom. The van der Waals surface area contributed by atoms with Crippen LogP contribution in [0.2, 0.25) is 0 Å². The summed E-state index contributed by atoms with van der Waals surface area (Å²) in [5.74, 6) is 0.0379. The molecule has 0 heterocycles. The molecule has 0 aromatic rings. The molecule has 3 N–H and O–H groups in total. The maximum atomic E-state index is 11.4. The maximum Gasteiger partial charge on any atom is 0.221 e. The minimum Gasteiger partial charge on any atom is -0.392 e. The van der Waals surface area contributed by atoms with Gasteiger partial charge in [-0.15, -0.1) is 0 Å². The van der Waals surface area contributed by atoms with Gasteiger partial charge in [0.15, 0.2) is 0 Å². The number of hydrogen-bond acceptors (Lipinski definition) is 2. The van der Waals surface area contributed by atoms with Crippen LogP contribution in [0.15, 0.2) is 11.8 Å². The van der Waals surface area contributed by atoms with E-state index in [0.29, 0.717) is 0 Å². The van der Waals surface area contributed by atoms with Crippen LogP contribution in [0.25, 0.3) is 0 Å². The molecule has 3 heteroatoms. The van der Waals surface area contributed by atoms with E-state index >= 15 is 0 Å². The summed E-state index contributed by atoms with van der Waals surface area (Å²) < 4.78 is 0. The molecule has 0 saturated heterocycles. The molecule has 1 aliphatic carbocycles. The van der Waals surface area contributed by atoms with Gasteiger partial charge >= 0.3 is 0 Å². The van der Waals surface area contributed by atoms with Gasteiger partial charge in [-0.05, 0) is 30.6 Å². The van der Waals surface area contributed by atoms with Gasteiger partial charge in [0, 0.05) is 18.7 Å². The number of nitrogens with one attached hydrogen (secondary N) is 1. The molecule has 0 fully saturated rings. The summed E-state index contributed by atoms with van der Waals surface area (Å²) in [4.78, 5) is 11.4. The fourth-order valence-electron chi connectivity index (χ4n) is 2.48. The van der Waals surface area contributed by atoms with Crippen LogP contribution in [0.3, 0.4) is 0 Å². The van der Waals surface area contributed by atoms with Crippen molar-refractivity contribution in [2.75, 3.05) is 7.05 Å². The lowest BCUT2D eigenvalue weighted by Gasteiger charge is -2.32. The number of nitrogens with two attached hydrogens (primary N) is 1. The normalized spacial score (nSPS) is 33.1. The highest BCUT2D eigenvalue weighted by Crippen LogP contribution is 2.36. The molecule has 0 spiro atoms. The number of allylic oxidation sites excluding steroid dienone is 2. The first-order chi connectivity index (χ1) is 7.35. The van der Waals surface area contributed by atoms with Crippen molar-refractivity contribution in [3.63, 3.8) is 0 Å². The van der Waals surface area contributed by atoms with Gasteiger partial charge in [0.1, 0.15) is 0 Å². The zero-order valence-electron chi connectivity index (χ0n) is 10.8. The van der Waals surface area contributed by atoms with Gasteiger partial charge in [-0.3, -0.25) is 4.79 Å². The lowest BCUT2D eigenvalue weighted by molar-refractivity contribution is -0.123. The Hall–Kier alpha value is -0.990. The van der Waals surface area contributed by atoms with Crippen molar-refractivity contribution < 1.29 is 4.79 Å². The predicted molar refractivity (Wildman–Crippen MR) is 66.6 cm³/mol. The van der Waals surface area contributed by atoms with E-state index in [1.165, 1.54) is 5.70 Å². The predicted octanol–water partition coefficient (Wildman–Crippen LogP) is 2.04. The minimum atomic E-state index is -0.170. The van der Waals surface area contributed by atoms with Crippen molar-refractivity contribution in [3.05, 3.63) is 11.8 Å². The standard InChI is InChI=1S/C13H24N2O/c1-9-7-10(15-4)8-13(2,3)6-5-11(9)12(14)16/h7,9,11,15H,5-6,8H2,1-4H3,(H2,14,16)/b10-7+. The smallest absolute Gasteiger partial charge is 0.221 e. The summed E-state index contributed by atoms with van der Waals surface area (Å²) in [5.41, 5.74) is 6.93. The van der Waals surface area contributed by atoms with Crippen molar-refractivity contribution in [1.29, 1.82) is 0 Å². The SMILES string of the molecule is CN/C1=C/C(C)C(C(N)=O)CCC(C)(C)C1. The van der Waals surface area contributed by atoms with E-state index in [1.807, 2.05) is 7.05 Å². The second-order valence-corrected chi connectivity index (χ2v) is 5.69. The van der Waals surface area contributed by atoms with Crippen LogP contribution < -0.4 is 11.1 Å². The molecule has 3 nitrogen and oxygen atoms in total. The van der Waals surface area contributed by atoms with Crippen LogP contribution in [0.5, 0.6) is 0 Å². The van der Waals surface area contributed by atoms with Crippen LogP contribution >= 0.6 is 0 Å².